The number of nitrogens with zero attached hydrogens (tertiary/aromatic N) is 3. The van der Waals surface area contributed by atoms with Gasteiger partial charge in [0.15, 0.2) is 5.11 Å². The molecule has 1 saturated heterocycles. The van der Waals surface area contributed by atoms with Gasteiger partial charge >= 0.3 is 0 Å². The lowest BCUT2D eigenvalue weighted by Crippen LogP contribution is -2.25. The molecule has 0 radical (unpaired) electrons. The molecule has 0 atom stereocenters. The first kappa shape index (κ1) is 11.9. The van der Waals surface area contributed by atoms with Gasteiger partial charge in [-0.05, 0) is 36.0 Å². The maximum atomic E-state index is 11.9. The first-order valence-corrected chi connectivity index (χ1v) is 6.19. The molecule has 1 aromatic carbocycles. The van der Waals surface area contributed by atoms with Crippen LogP contribution in [0.3, 0.4) is 0 Å². The van der Waals surface area contributed by atoms with Gasteiger partial charge in [0.25, 0.3) is 5.91 Å². The van der Waals surface area contributed by atoms with Crippen LogP contribution in [-0.2, 0) is 11.8 Å². The van der Waals surface area contributed by atoms with Gasteiger partial charge in [-0.1, -0.05) is 6.07 Å². The van der Waals surface area contributed by atoms with Gasteiger partial charge in [-0.15, -0.1) is 0 Å². The molecule has 96 valence electrons. The topological polar surface area (TPSA) is 50.2 Å². The molecule has 0 bridgehead atoms. The summed E-state index contributed by atoms with van der Waals surface area (Å²) in [5.41, 5.74) is 3.39. The fourth-order valence-corrected chi connectivity index (χ4v) is 2.22. The molecule has 6 heteroatoms. The molecule has 5 nitrogen and oxygen atoms in total. The Morgan fingerprint density at radius 3 is 2.84 bits per heavy atom. The summed E-state index contributed by atoms with van der Waals surface area (Å²) in [5.74, 6) is -0.116. The van der Waals surface area contributed by atoms with E-state index in [2.05, 4.69) is 10.3 Å². The van der Waals surface area contributed by atoms with Crippen LogP contribution in [-0.4, -0.2) is 32.5 Å². The van der Waals surface area contributed by atoms with Crippen molar-refractivity contribution in [1.29, 1.82) is 0 Å². The highest BCUT2D eigenvalue weighted by atomic mass is 32.1. The molecule has 1 amide bonds. The van der Waals surface area contributed by atoms with Crippen molar-refractivity contribution in [2.45, 2.75) is 0 Å². The number of hydrogen-bond donors (Lipinski definition) is 1. The predicted octanol–water partition coefficient (Wildman–Crippen LogP) is 1.26. The molecular weight excluding hydrogens is 260 g/mol. The fraction of sp³-hybridized carbons (Fsp3) is 0.154. The Balaban J connectivity index is 2.03. The van der Waals surface area contributed by atoms with E-state index in [9.17, 15) is 4.79 Å². The number of hydrogen-bond acceptors (Lipinski definition) is 3. The highest BCUT2D eigenvalue weighted by molar-refractivity contribution is 7.80. The summed E-state index contributed by atoms with van der Waals surface area (Å²) >= 11 is 5.04. The third-order valence-electron chi connectivity index (χ3n) is 3.14. The van der Waals surface area contributed by atoms with E-state index >= 15 is 0 Å². The number of amides is 1. The maximum Gasteiger partial charge on any atom is 0.276 e. The molecule has 0 unspecified atom stereocenters. The van der Waals surface area contributed by atoms with Crippen LogP contribution >= 0.6 is 12.2 Å². The number of aryl methyl sites for hydroxylation is 1. The van der Waals surface area contributed by atoms with Crippen molar-refractivity contribution in [2.24, 2.45) is 7.05 Å². The van der Waals surface area contributed by atoms with E-state index in [-0.39, 0.29) is 5.91 Å². The van der Waals surface area contributed by atoms with Crippen LogP contribution in [0, 0.1) is 0 Å². The second-order valence-corrected chi connectivity index (χ2v) is 4.84. The van der Waals surface area contributed by atoms with Crippen molar-refractivity contribution in [1.82, 2.24) is 19.8 Å². The number of likely N-dealkylation sites (N-methyl/N-ethyl adjacent to an activating group) is 1. The zero-order chi connectivity index (χ0) is 13.6. The summed E-state index contributed by atoms with van der Waals surface area (Å²) in [7, 11) is 3.59. The minimum Gasteiger partial charge on any atom is -0.334 e. The number of benzene rings is 1. The minimum absolute atomic E-state index is 0.116. The van der Waals surface area contributed by atoms with Crippen molar-refractivity contribution in [3.8, 4) is 0 Å². The van der Waals surface area contributed by atoms with Gasteiger partial charge < -0.3 is 9.88 Å². The van der Waals surface area contributed by atoms with Gasteiger partial charge in [-0.2, -0.15) is 0 Å². The monoisotopic (exact) mass is 272 g/mol. The average molecular weight is 272 g/mol. The lowest BCUT2D eigenvalue weighted by atomic mass is 10.1. The van der Waals surface area contributed by atoms with Gasteiger partial charge in [-0.25, -0.2) is 4.98 Å². The second-order valence-electron chi connectivity index (χ2n) is 4.46. The number of rotatable bonds is 1. The SMILES string of the molecule is CN1C(=O)/C(=C/c2ccc3ncn(C)c3c2)NC1=S. The number of carbonyl (C=O) groups excluding carboxylic acids is 1. The third kappa shape index (κ3) is 1.90. The molecule has 0 aliphatic carbocycles. The van der Waals surface area contributed by atoms with Crippen molar-refractivity contribution < 1.29 is 4.79 Å². The third-order valence-corrected chi connectivity index (χ3v) is 3.52. The number of nitrogens with one attached hydrogen (secondary N) is 1. The Bertz CT molecular complexity index is 731. The number of carbonyl (C=O) groups is 1. The fourth-order valence-electron chi connectivity index (χ4n) is 2.02. The predicted molar refractivity (Wildman–Crippen MR) is 77.2 cm³/mol. The van der Waals surface area contributed by atoms with Crippen LogP contribution in [0.25, 0.3) is 17.1 Å². The van der Waals surface area contributed by atoms with Crippen LogP contribution < -0.4 is 5.32 Å². The van der Waals surface area contributed by atoms with E-state index in [0.29, 0.717) is 10.8 Å². The molecule has 1 aliphatic heterocycles. The Hall–Kier alpha value is -2.21. The van der Waals surface area contributed by atoms with E-state index < -0.39 is 0 Å². The van der Waals surface area contributed by atoms with E-state index in [0.717, 1.165) is 16.6 Å². The molecule has 2 heterocycles. The smallest absolute Gasteiger partial charge is 0.276 e. The normalized spacial score (nSPS) is 17.6. The van der Waals surface area contributed by atoms with Gasteiger partial charge in [0.05, 0.1) is 17.4 Å². The first-order valence-electron chi connectivity index (χ1n) is 5.78. The molecular formula is C13H12N4OS. The van der Waals surface area contributed by atoms with Crippen LogP contribution in [0.5, 0.6) is 0 Å². The van der Waals surface area contributed by atoms with E-state index in [1.165, 1.54) is 4.90 Å². The Labute approximate surface area is 115 Å². The lowest BCUT2D eigenvalue weighted by molar-refractivity contribution is -0.121. The highest BCUT2D eigenvalue weighted by Crippen LogP contribution is 2.17. The zero-order valence-corrected chi connectivity index (χ0v) is 11.4. The second kappa shape index (κ2) is 4.17. The minimum atomic E-state index is -0.116. The summed E-state index contributed by atoms with van der Waals surface area (Å²) in [6.07, 6.45) is 3.56. The number of aromatic nitrogens is 2. The van der Waals surface area contributed by atoms with Gasteiger partial charge in [-0.3, -0.25) is 9.69 Å². The van der Waals surface area contributed by atoms with Crippen molar-refractivity contribution in [3.05, 3.63) is 35.8 Å². The molecule has 1 N–H and O–H groups in total. The summed E-state index contributed by atoms with van der Waals surface area (Å²) in [6.45, 7) is 0. The van der Waals surface area contributed by atoms with Gasteiger partial charge in [0, 0.05) is 14.1 Å². The number of fused-ring (bicyclic) bond motifs is 1. The van der Waals surface area contributed by atoms with Gasteiger partial charge in [0.2, 0.25) is 0 Å². The van der Waals surface area contributed by atoms with Crippen molar-refractivity contribution in [2.75, 3.05) is 7.05 Å². The largest absolute Gasteiger partial charge is 0.334 e. The van der Waals surface area contributed by atoms with Crippen LogP contribution in [0.4, 0.5) is 0 Å². The molecule has 2 aromatic rings. The zero-order valence-electron chi connectivity index (χ0n) is 10.5. The summed E-state index contributed by atoms with van der Waals surface area (Å²) in [5, 5.41) is 3.33. The van der Waals surface area contributed by atoms with Gasteiger partial charge in [0.1, 0.15) is 5.70 Å². The molecule has 1 aliphatic rings. The van der Waals surface area contributed by atoms with Crippen LogP contribution in [0.1, 0.15) is 5.56 Å². The molecule has 1 fully saturated rings. The molecule has 3 rings (SSSR count). The Morgan fingerprint density at radius 2 is 2.16 bits per heavy atom. The van der Waals surface area contributed by atoms with Crippen molar-refractivity contribution >= 4 is 40.3 Å². The molecule has 0 spiro atoms. The highest BCUT2D eigenvalue weighted by Gasteiger charge is 2.26. The van der Waals surface area contributed by atoms with E-state index in [1.807, 2.05) is 29.8 Å². The number of imidazole rings is 1. The Kier molecular flexibility index (Phi) is 2.60. The van der Waals surface area contributed by atoms with Crippen LogP contribution in [0.2, 0.25) is 0 Å². The summed E-state index contributed by atoms with van der Waals surface area (Å²) in [6, 6.07) is 5.85. The average Bonchev–Trinajstić information content (AvgIpc) is 2.87. The molecule has 19 heavy (non-hydrogen) atoms. The standard InChI is InChI=1S/C13H12N4OS/c1-16-7-14-9-4-3-8(6-11(9)16)5-10-12(18)17(2)13(19)15-10/h3-7H,1-2H3,(H,15,19)/b10-5-. The first-order chi connectivity index (χ1) is 9.06. The van der Waals surface area contributed by atoms with Crippen molar-refractivity contribution in [3.63, 3.8) is 0 Å². The maximum absolute atomic E-state index is 11.9. The lowest BCUT2D eigenvalue weighted by Gasteiger charge is -2.02. The quantitative estimate of drug-likeness (QED) is 0.627. The van der Waals surface area contributed by atoms with E-state index in [4.69, 9.17) is 12.2 Å². The number of thiocarbonyl (C=S) groups is 1. The molecule has 0 saturated carbocycles. The Morgan fingerprint density at radius 1 is 1.37 bits per heavy atom. The summed E-state index contributed by atoms with van der Waals surface area (Å²) in [4.78, 5) is 17.6. The molecule has 1 aromatic heterocycles. The van der Waals surface area contributed by atoms with Crippen LogP contribution in [0.15, 0.2) is 30.2 Å². The summed E-state index contributed by atoms with van der Waals surface area (Å²) < 4.78 is 1.94. The van der Waals surface area contributed by atoms with E-state index in [1.54, 1.807) is 19.5 Å².